The van der Waals surface area contributed by atoms with Crippen LogP contribution in [0.3, 0.4) is 0 Å². The van der Waals surface area contributed by atoms with Crippen molar-refractivity contribution in [3.63, 3.8) is 0 Å². The largest absolute Gasteiger partial charge is 0.487 e. The number of ether oxygens (including phenoxy) is 1. The van der Waals surface area contributed by atoms with Crippen LogP contribution in [-0.4, -0.2) is 68.2 Å². The zero-order valence-electron chi connectivity index (χ0n) is 23.6. The molecule has 9 heteroatoms. The summed E-state index contributed by atoms with van der Waals surface area (Å²) in [5.74, 6) is 2.02. The Morgan fingerprint density at radius 1 is 1.10 bits per heavy atom. The molecule has 4 saturated heterocycles. The molecule has 0 saturated carbocycles. The van der Waals surface area contributed by atoms with Gasteiger partial charge in [-0.3, -0.25) is 14.5 Å². The number of carbonyl (C=O) groups excluding carboxylic acids is 2. The minimum absolute atomic E-state index is 0.0285. The van der Waals surface area contributed by atoms with E-state index in [1.807, 2.05) is 29.1 Å². The molecule has 3 aromatic rings. The summed E-state index contributed by atoms with van der Waals surface area (Å²) in [4.78, 5) is 30.9. The average molecular weight is 586 g/mol. The van der Waals surface area contributed by atoms with E-state index in [2.05, 4.69) is 20.1 Å². The number of fused-ring (bicyclic) bond motifs is 2. The van der Waals surface area contributed by atoms with Crippen LogP contribution < -0.4 is 4.74 Å². The Balaban J connectivity index is 0.963. The van der Waals surface area contributed by atoms with Crippen LogP contribution in [0, 0.1) is 11.8 Å². The summed E-state index contributed by atoms with van der Waals surface area (Å²) < 4.78 is 7.83. The number of nitrogens with zero attached hydrogens (tertiary/aromatic N) is 5. The molecular weight excluding hydrogens is 550 g/mol. The van der Waals surface area contributed by atoms with Gasteiger partial charge in [0.15, 0.2) is 5.78 Å². The molecule has 8 nitrogen and oxygen atoms in total. The van der Waals surface area contributed by atoms with Crippen molar-refractivity contribution in [2.45, 2.75) is 63.3 Å². The fourth-order valence-corrected chi connectivity index (χ4v) is 7.97. The van der Waals surface area contributed by atoms with Crippen molar-refractivity contribution in [2.24, 2.45) is 11.8 Å². The molecule has 7 rings (SSSR count). The number of halogens is 1. The number of amides is 1. The Morgan fingerprint density at radius 2 is 1.93 bits per heavy atom. The molecular formula is C33H36ClN5O3. The third-order valence-electron chi connectivity index (χ3n) is 9.65. The highest BCUT2D eigenvalue weighted by Gasteiger charge is 2.52. The molecule has 4 fully saturated rings. The molecule has 0 radical (unpaired) electrons. The number of benzene rings is 2. The number of aromatic nitrogens is 3. The molecule has 0 bridgehead atoms. The molecule has 5 atom stereocenters. The monoisotopic (exact) mass is 585 g/mol. The van der Waals surface area contributed by atoms with Crippen LogP contribution in [0.25, 0.3) is 6.08 Å². The third kappa shape index (κ3) is 5.50. The summed E-state index contributed by atoms with van der Waals surface area (Å²) in [5, 5.41) is 9.40. The first-order chi connectivity index (χ1) is 20.5. The smallest absolute Gasteiger partial charge is 0.224 e. The van der Waals surface area contributed by atoms with Gasteiger partial charge in [-0.25, -0.2) is 4.68 Å². The Hall–Kier alpha value is -3.49. The SMILES string of the molecule is O=C(/C=C/c1cccc(Cl)c1)c1ccc(OCc2cn([C@H]3CC(=O)N4C[C@@H]5CCCN6CCC[C@@H]([C@H]56)[C@H]4C3)nn2)cc1. The first kappa shape index (κ1) is 27.3. The number of allylic oxidation sites excluding steroid dienone is 1. The third-order valence-corrected chi connectivity index (χ3v) is 9.88. The van der Waals surface area contributed by atoms with Crippen molar-refractivity contribution in [3.05, 3.63) is 82.6 Å². The number of carbonyl (C=O) groups is 2. The highest BCUT2D eigenvalue weighted by molar-refractivity contribution is 6.30. The van der Waals surface area contributed by atoms with Crippen molar-refractivity contribution in [1.29, 1.82) is 0 Å². The number of rotatable bonds is 7. The second-order valence-electron chi connectivity index (χ2n) is 12.2. The molecule has 0 unspecified atom stereocenters. The Labute approximate surface area is 251 Å². The minimum atomic E-state index is -0.0945. The van der Waals surface area contributed by atoms with Gasteiger partial charge in [0.1, 0.15) is 18.1 Å². The van der Waals surface area contributed by atoms with Gasteiger partial charge in [0.05, 0.1) is 12.2 Å². The lowest BCUT2D eigenvalue weighted by Crippen LogP contribution is -2.67. The van der Waals surface area contributed by atoms with Crippen molar-refractivity contribution in [3.8, 4) is 5.75 Å². The van der Waals surface area contributed by atoms with Gasteiger partial charge in [0, 0.05) is 35.6 Å². The lowest BCUT2D eigenvalue weighted by Gasteiger charge is -2.59. The van der Waals surface area contributed by atoms with Crippen LogP contribution in [0.1, 0.15) is 66.2 Å². The first-order valence-electron chi connectivity index (χ1n) is 15.2. The van der Waals surface area contributed by atoms with Gasteiger partial charge in [-0.1, -0.05) is 35.0 Å². The van der Waals surface area contributed by atoms with Crippen molar-refractivity contribution < 1.29 is 14.3 Å². The maximum atomic E-state index is 13.4. The van der Waals surface area contributed by atoms with Crippen LogP contribution in [0.2, 0.25) is 5.02 Å². The van der Waals surface area contributed by atoms with Crippen molar-refractivity contribution >= 4 is 29.4 Å². The molecule has 1 aromatic heterocycles. The normalized spacial score (nSPS) is 27.5. The molecule has 2 aromatic carbocycles. The van der Waals surface area contributed by atoms with E-state index in [0.717, 1.165) is 18.5 Å². The van der Waals surface area contributed by atoms with Crippen LogP contribution in [0.15, 0.2) is 60.8 Å². The van der Waals surface area contributed by atoms with Gasteiger partial charge in [-0.2, -0.15) is 0 Å². The molecule has 42 heavy (non-hydrogen) atoms. The summed E-state index contributed by atoms with van der Waals surface area (Å²) in [6.45, 7) is 3.62. The second-order valence-corrected chi connectivity index (χ2v) is 12.6. The van der Waals surface area contributed by atoms with Gasteiger partial charge in [0.25, 0.3) is 0 Å². The molecule has 0 spiro atoms. The zero-order chi connectivity index (χ0) is 28.6. The topological polar surface area (TPSA) is 80.6 Å². The lowest BCUT2D eigenvalue weighted by molar-refractivity contribution is -0.153. The predicted octanol–water partition coefficient (Wildman–Crippen LogP) is 5.44. The van der Waals surface area contributed by atoms with Gasteiger partial charge >= 0.3 is 0 Å². The van der Waals surface area contributed by atoms with Crippen LogP contribution in [0.4, 0.5) is 0 Å². The fraction of sp³-hybridized carbons (Fsp3) is 0.455. The van der Waals surface area contributed by atoms with E-state index in [1.165, 1.54) is 38.8 Å². The van der Waals surface area contributed by atoms with E-state index in [0.29, 0.717) is 52.4 Å². The molecule has 0 aliphatic carbocycles. The van der Waals surface area contributed by atoms with Crippen molar-refractivity contribution in [2.75, 3.05) is 19.6 Å². The quantitative estimate of drug-likeness (QED) is 0.271. The number of hydrogen-bond donors (Lipinski definition) is 0. The first-order valence-corrected chi connectivity index (χ1v) is 15.5. The second kappa shape index (κ2) is 11.7. The summed E-state index contributed by atoms with van der Waals surface area (Å²) in [7, 11) is 0. The molecule has 0 N–H and O–H groups in total. The molecule has 5 heterocycles. The Kier molecular flexibility index (Phi) is 7.59. The highest BCUT2D eigenvalue weighted by Crippen LogP contribution is 2.46. The summed E-state index contributed by atoms with van der Waals surface area (Å²) in [6, 6.07) is 15.4. The van der Waals surface area contributed by atoms with Gasteiger partial charge in [-0.15, -0.1) is 5.10 Å². The zero-order valence-corrected chi connectivity index (χ0v) is 24.4. The van der Waals surface area contributed by atoms with E-state index in [1.54, 1.807) is 42.5 Å². The lowest BCUT2D eigenvalue weighted by atomic mass is 9.67. The average Bonchev–Trinajstić information content (AvgIpc) is 3.49. The van der Waals surface area contributed by atoms with E-state index >= 15 is 0 Å². The molecule has 218 valence electrons. The molecule has 4 aliphatic rings. The summed E-state index contributed by atoms with van der Waals surface area (Å²) >= 11 is 6.02. The van der Waals surface area contributed by atoms with E-state index in [-0.39, 0.29) is 24.3 Å². The van der Waals surface area contributed by atoms with Gasteiger partial charge in [-0.05, 0) is 105 Å². The Morgan fingerprint density at radius 3 is 2.76 bits per heavy atom. The van der Waals surface area contributed by atoms with Crippen molar-refractivity contribution in [1.82, 2.24) is 24.8 Å². The van der Waals surface area contributed by atoms with Crippen LogP contribution in [-0.2, 0) is 11.4 Å². The Bertz CT molecular complexity index is 1480. The highest BCUT2D eigenvalue weighted by atomic mass is 35.5. The number of hydrogen-bond acceptors (Lipinski definition) is 6. The summed E-state index contributed by atoms with van der Waals surface area (Å²) in [6.07, 6.45) is 11.6. The molecule has 1 amide bonds. The molecule has 4 aliphatic heterocycles. The van der Waals surface area contributed by atoms with Crippen LogP contribution >= 0.6 is 11.6 Å². The van der Waals surface area contributed by atoms with E-state index in [9.17, 15) is 9.59 Å². The summed E-state index contributed by atoms with van der Waals surface area (Å²) in [5.41, 5.74) is 2.16. The maximum Gasteiger partial charge on any atom is 0.224 e. The maximum absolute atomic E-state index is 13.4. The van der Waals surface area contributed by atoms with Gasteiger partial charge < -0.3 is 9.64 Å². The van der Waals surface area contributed by atoms with Crippen LogP contribution in [0.5, 0.6) is 5.75 Å². The fourth-order valence-electron chi connectivity index (χ4n) is 7.78. The number of piperidine rings is 4. The van der Waals surface area contributed by atoms with E-state index < -0.39 is 0 Å². The predicted molar refractivity (Wildman–Crippen MR) is 160 cm³/mol. The number of ketones is 1. The standard InChI is InChI=1S/C33H36ClN5O3/c34-25-6-1-4-22(16-25)8-13-31(40)23-9-11-28(12-10-23)42-21-26-20-39(36-35-26)27-17-30-29-7-3-15-37-14-2-5-24(33(29)37)19-38(30)32(41)18-27/h1,4,6,8-13,16,20,24,27,29-30,33H,2-3,5,7,14-15,17-19,21H2/b13-8+/t24-,27+,29+,30+,33-/m0/s1. The van der Waals surface area contributed by atoms with Gasteiger partial charge in [0.2, 0.25) is 5.91 Å². The minimum Gasteiger partial charge on any atom is -0.487 e. The van der Waals surface area contributed by atoms with E-state index in [4.69, 9.17) is 16.3 Å².